The Morgan fingerprint density at radius 3 is 2.44 bits per heavy atom. The van der Waals surface area contributed by atoms with Crippen LogP contribution >= 0.6 is 0 Å². The van der Waals surface area contributed by atoms with Crippen LogP contribution in [0.25, 0.3) is 11.1 Å². The van der Waals surface area contributed by atoms with Crippen LogP contribution in [-0.2, 0) is 0 Å². The normalized spacial score (nSPS) is 10.2. The van der Waals surface area contributed by atoms with E-state index in [-0.39, 0.29) is 5.78 Å². The molecule has 2 aromatic rings. The van der Waals surface area contributed by atoms with Gasteiger partial charge in [0.25, 0.3) is 0 Å². The summed E-state index contributed by atoms with van der Waals surface area (Å²) in [5.74, 6) is -0.0149. The minimum Gasteiger partial charge on any atom is -0.423 e. The summed E-state index contributed by atoms with van der Waals surface area (Å²) in [6, 6.07) is 14.1. The number of carbonyl (C=O) groups is 1. The molecule has 2 rings (SSSR count). The molecule has 0 fully saturated rings. The largest absolute Gasteiger partial charge is 0.489 e. The average molecular weight is 240 g/mol. The molecule has 0 bridgehead atoms. The molecule has 0 aliphatic carbocycles. The van der Waals surface area contributed by atoms with Gasteiger partial charge in [0.1, 0.15) is 0 Å². The van der Waals surface area contributed by atoms with Crippen molar-refractivity contribution in [1.29, 1.82) is 0 Å². The molecule has 0 heterocycles. The van der Waals surface area contributed by atoms with E-state index in [1.807, 2.05) is 12.1 Å². The molecule has 0 atom stereocenters. The van der Waals surface area contributed by atoms with E-state index in [4.69, 9.17) is 0 Å². The van der Waals surface area contributed by atoms with Gasteiger partial charge in [-0.1, -0.05) is 42.5 Å². The fraction of sp³-hybridized carbons (Fsp3) is 0.0714. The molecule has 0 saturated heterocycles. The first-order chi connectivity index (χ1) is 8.59. The third-order valence-electron chi connectivity index (χ3n) is 2.82. The molecular weight excluding hydrogens is 227 g/mol. The number of hydrogen-bond acceptors (Lipinski definition) is 3. The Kier molecular flexibility index (Phi) is 3.60. The number of benzene rings is 2. The fourth-order valence-corrected chi connectivity index (χ4v) is 1.89. The van der Waals surface area contributed by atoms with E-state index in [1.165, 1.54) is 6.92 Å². The summed E-state index contributed by atoms with van der Waals surface area (Å²) in [7, 11) is -1.53. The molecule has 0 aliphatic rings. The predicted octanol–water partition coefficient (Wildman–Crippen LogP) is 1.24. The third kappa shape index (κ3) is 2.50. The van der Waals surface area contributed by atoms with Crippen molar-refractivity contribution in [3.63, 3.8) is 0 Å². The minimum absolute atomic E-state index is 0.0149. The van der Waals surface area contributed by atoms with E-state index in [9.17, 15) is 14.8 Å². The van der Waals surface area contributed by atoms with Gasteiger partial charge in [0, 0.05) is 5.56 Å². The van der Waals surface area contributed by atoms with Gasteiger partial charge >= 0.3 is 7.12 Å². The summed E-state index contributed by atoms with van der Waals surface area (Å²) < 4.78 is 0. The summed E-state index contributed by atoms with van der Waals surface area (Å²) in [5.41, 5.74) is 2.55. The second kappa shape index (κ2) is 5.17. The van der Waals surface area contributed by atoms with Crippen molar-refractivity contribution in [3.05, 3.63) is 54.1 Å². The summed E-state index contributed by atoms with van der Waals surface area (Å²) in [4.78, 5) is 11.3. The molecule has 0 radical (unpaired) electrons. The smallest absolute Gasteiger partial charge is 0.423 e. The molecule has 0 amide bonds. The zero-order valence-corrected chi connectivity index (χ0v) is 10.00. The van der Waals surface area contributed by atoms with Gasteiger partial charge < -0.3 is 10.0 Å². The standard InChI is InChI=1S/C14H13BO3/c1-10(16)11-5-4-6-12(9-11)13-7-2-3-8-14(13)15(17)18/h2-9,17-18H,1H3. The lowest BCUT2D eigenvalue weighted by molar-refractivity contribution is 0.101. The fourth-order valence-electron chi connectivity index (χ4n) is 1.89. The molecule has 90 valence electrons. The maximum absolute atomic E-state index is 11.3. The van der Waals surface area contributed by atoms with Crippen LogP contribution in [0.5, 0.6) is 0 Å². The quantitative estimate of drug-likeness (QED) is 0.626. The van der Waals surface area contributed by atoms with Crippen molar-refractivity contribution in [3.8, 4) is 11.1 Å². The Morgan fingerprint density at radius 2 is 1.78 bits per heavy atom. The van der Waals surface area contributed by atoms with E-state index in [2.05, 4.69) is 0 Å². The van der Waals surface area contributed by atoms with Crippen molar-refractivity contribution < 1.29 is 14.8 Å². The van der Waals surface area contributed by atoms with Crippen molar-refractivity contribution in [2.75, 3.05) is 0 Å². The molecular formula is C14H13BO3. The van der Waals surface area contributed by atoms with Gasteiger partial charge in [0.05, 0.1) is 0 Å². The maximum Gasteiger partial charge on any atom is 0.489 e. The second-order valence-corrected chi connectivity index (χ2v) is 4.10. The Balaban J connectivity index is 2.55. The van der Waals surface area contributed by atoms with E-state index in [0.29, 0.717) is 11.0 Å². The number of ketones is 1. The highest BCUT2D eigenvalue weighted by Crippen LogP contribution is 2.19. The molecule has 0 saturated carbocycles. The first-order valence-corrected chi connectivity index (χ1v) is 5.66. The zero-order valence-electron chi connectivity index (χ0n) is 10.00. The molecule has 0 aromatic heterocycles. The van der Waals surface area contributed by atoms with Crippen molar-refractivity contribution in [1.82, 2.24) is 0 Å². The van der Waals surface area contributed by atoms with E-state index >= 15 is 0 Å². The molecule has 18 heavy (non-hydrogen) atoms. The first kappa shape index (κ1) is 12.5. The van der Waals surface area contributed by atoms with E-state index in [0.717, 1.165) is 11.1 Å². The van der Waals surface area contributed by atoms with E-state index < -0.39 is 7.12 Å². The molecule has 0 spiro atoms. The summed E-state index contributed by atoms with van der Waals surface area (Å²) in [6.07, 6.45) is 0. The van der Waals surface area contributed by atoms with Crippen LogP contribution in [0.1, 0.15) is 17.3 Å². The Bertz CT molecular complexity index is 579. The highest BCUT2D eigenvalue weighted by molar-refractivity contribution is 6.60. The molecule has 2 N–H and O–H groups in total. The second-order valence-electron chi connectivity index (χ2n) is 4.10. The van der Waals surface area contributed by atoms with E-state index in [1.54, 1.807) is 36.4 Å². The van der Waals surface area contributed by atoms with Crippen LogP contribution in [0.4, 0.5) is 0 Å². The topological polar surface area (TPSA) is 57.5 Å². The van der Waals surface area contributed by atoms with Crippen LogP contribution in [0.3, 0.4) is 0 Å². The Morgan fingerprint density at radius 1 is 1.06 bits per heavy atom. The lowest BCUT2D eigenvalue weighted by atomic mass is 9.75. The SMILES string of the molecule is CC(=O)c1cccc(-c2ccccc2B(O)O)c1. The molecule has 4 heteroatoms. The van der Waals surface area contributed by atoms with Crippen LogP contribution in [0.2, 0.25) is 0 Å². The number of carbonyl (C=O) groups excluding carboxylic acids is 1. The van der Waals surface area contributed by atoms with Crippen molar-refractivity contribution in [2.24, 2.45) is 0 Å². The van der Waals surface area contributed by atoms with Crippen LogP contribution in [0.15, 0.2) is 48.5 Å². The predicted molar refractivity (Wildman–Crippen MR) is 71.7 cm³/mol. The van der Waals surface area contributed by atoms with Gasteiger partial charge in [0.15, 0.2) is 5.78 Å². The molecule has 2 aromatic carbocycles. The van der Waals surface area contributed by atoms with Crippen molar-refractivity contribution >= 4 is 18.4 Å². The van der Waals surface area contributed by atoms with Gasteiger partial charge in [-0.05, 0) is 29.6 Å². The summed E-state index contributed by atoms with van der Waals surface area (Å²) in [5, 5.41) is 18.7. The lowest BCUT2D eigenvalue weighted by Crippen LogP contribution is -2.31. The number of Topliss-reactive ketones (excluding diaryl/α,β-unsaturated/α-hetero) is 1. The van der Waals surface area contributed by atoms with Crippen LogP contribution in [0, 0.1) is 0 Å². The minimum atomic E-state index is -1.53. The van der Waals surface area contributed by atoms with Gasteiger partial charge in [-0.2, -0.15) is 0 Å². The average Bonchev–Trinajstić information content (AvgIpc) is 2.39. The number of rotatable bonds is 3. The van der Waals surface area contributed by atoms with Gasteiger partial charge in [-0.25, -0.2) is 0 Å². The van der Waals surface area contributed by atoms with Crippen molar-refractivity contribution in [2.45, 2.75) is 6.92 Å². The maximum atomic E-state index is 11.3. The summed E-state index contributed by atoms with van der Waals surface area (Å²) in [6.45, 7) is 1.51. The van der Waals surface area contributed by atoms with Crippen LogP contribution < -0.4 is 5.46 Å². The van der Waals surface area contributed by atoms with Gasteiger partial charge in [0.2, 0.25) is 0 Å². The highest BCUT2D eigenvalue weighted by atomic mass is 16.4. The molecule has 0 unspecified atom stereocenters. The monoisotopic (exact) mass is 240 g/mol. The molecule has 3 nitrogen and oxygen atoms in total. The number of hydrogen-bond donors (Lipinski definition) is 2. The Hall–Kier alpha value is -1.91. The third-order valence-corrected chi connectivity index (χ3v) is 2.82. The zero-order chi connectivity index (χ0) is 13.1. The lowest BCUT2D eigenvalue weighted by Gasteiger charge is -2.09. The first-order valence-electron chi connectivity index (χ1n) is 5.66. The molecule has 0 aliphatic heterocycles. The Labute approximate surface area is 106 Å². The summed E-state index contributed by atoms with van der Waals surface area (Å²) >= 11 is 0. The highest BCUT2D eigenvalue weighted by Gasteiger charge is 2.16. The van der Waals surface area contributed by atoms with Gasteiger partial charge in [-0.3, -0.25) is 4.79 Å². The van der Waals surface area contributed by atoms with Crippen LogP contribution in [-0.4, -0.2) is 22.9 Å². The van der Waals surface area contributed by atoms with Gasteiger partial charge in [-0.15, -0.1) is 0 Å².